The molecular formula is C19H18F3N3O3. The van der Waals surface area contributed by atoms with Gasteiger partial charge in [-0.25, -0.2) is 4.98 Å². The van der Waals surface area contributed by atoms with E-state index in [4.69, 9.17) is 0 Å². The number of nitrogens with one attached hydrogen (secondary N) is 1. The van der Waals surface area contributed by atoms with Gasteiger partial charge in [-0.15, -0.1) is 0 Å². The van der Waals surface area contributed by atoms with Gasteiger partial charge in [-0.2, -0.15) is 13.2 Å². The first-order chi connectivity index (χ1) is 13.2. The highest BCUT2D eigenvalue weighted by atomic mass is 19.4. The molecule has 148 valence electrons. The highest BCUT2D eigenvalue weighted by Crippen LogP contribution is 2.18. The van der Waals surface area contributed by atoms with Crippen molar-refractivity contribution >= 4 is 11.7 Å². The number of allylic oxidation sites excluding steroid dienone is 1. The Labute approximate surface area is 159 Å². The lowest BCUT2D eigenvalue weighted by atomic mass is 10.1. The molecule has 2 heterocycles. The second-order valence-corrected chi connectivity index (χ2v) is 5.91. The summed E-state index contributed by atoms with van der Waals surface area (Å²) >= 11 is 0. The van der Waals surface area contributed by atoms with Gasteiger partial charge in [0.05, 0.1) is 18.0 Å². The number of ether oxygens (including phenoxy) is 1. The van der Waals surface area contributed by atoms with Crippen LogP contribution in [0.1, 0.15) is 34.6 Å². The fraction of sp³-hybridized carbons (Fsp3) is 0.263. The molecule has 0 bridgehead atoms. The Balaban J connectivity index is 1.99. The quantitative estimate of drug-likeness (QED) is 0.697. The minimum atomic E-state index is -4.47. The van der Waals surface area contributed by atoms with Gasteiger partial charge in [-0.3, -0.25) is 14.6 Å². The lowest BCUT2D eigenvalue weighted by Gasteiger charge is -2.15. The predicted octanol–water partition coefficient (Wildman–Crippen LogP) is 3.21. The van der Waals surface area contributed by atoms with Crippen LogP contribution in [0.25, 0.3) is 0 Å². The number of hydrogen-bond donors (Lipinski definition) is 1. The standard InChI is InChI=1S/C19H18F3N3O3/c1-3-16(26)9-15-8-13(6-7-23-15)12(2)25-18(27)14-4-5-17(24-10-14)28-11-19(20,21)22/h3-8,10,12H,1,9,11H2,2H3,(H,25,27). The van der Waals surface area contributed by atoms with E-state index >= 15 is 0 Å². The van der Waals surface area contributed by atoms with Gasteiger partial charge in [0.15, 0.2) is 12.4 Å². The van der Waals surface area contributed by atoms with Crippen LogP contribution in [0.4, 0.5) is 13.2 Å². The molecule has 0 saturated heterocycles. The Morgan fingerprint density at radius 2 is 2.04 bits per heavy atom. The van der Waals surface area contributed by atoms with E-state index in [1.807, 2.05) is 0 Å². The zero-order valence-electron chi connectivity index (χ0n) is 15.0. The molecule has 0 aliphatic rings. The largest absolute Gasteiger partial charge is 0.468 e. The molecule has 0 aliphatic heterocycles. The molecule has 0 radical (unpaired) electrons. The number of aromatic nitrogens is 2. The number of amides is 1. The number of nitrogens with zero attached hydrogens (tertiary/aromatic N) is 2. The van der Waals surface area contributed by atoms with Crippen LogP contribution in [-0.2, 0) is 11.2 Å². The summed E-state index contributed by atoms with van der Waals surface area (Å²) in [5.41, 5.74) is 1.46. The van der Waals surface area contributed by atoms with E-state index in [0.717, 1.165) is 11.8 Å². The lowest BCUT2D eigenvalue weighted by Crippen LogP contribution is -2.27. The molecule has 1 amide bonds. The van der Waals surface area contributed by atoms with E-state index < -0.39 is 24.7 Å². The summed E-state index contributed by atoms with van der Waals surface area (Å²) in [5, 5.41) is 2.75. The normalized spacial score (nSPS) is 12.1. The summed E-state index contributed by atoms with van der Waals surface area (Å²) in [6.45, 7) is 3.71. The van der Waals surface area contributed by atoms with E-state index in [9.17, 15) is 22.8 Å². The van der Waals surface area contributed by atoms with Gasteiger partial charge in [0.1, 0.15) is 0 Å². The molecular weight excluding hydrogens is 375 g/mol. The number of carbonyl (C=O) groups excluding carboxylic acids is 2. The minimum Gasteiger partial charge on any atom is -0.468 e. The van der Waals surface area contributed by atoms with E-state index in [1.54, 1.807) is 19.1 Å². The van der Waals surface area contributed by atoms with Crippen LogP contribution in [0.15, 0.2) is 49.3 Å². The molecule has 1 atom stereocenters. The van der Waals surface area contributed by atoms with E-state index in [-0.39, 0.29) is 23.6 Å². The summed E-state index contributed by atoms with van der Waals surface area (Å²) in [6.07, 6.45) is -0.463. The number of pyridine rings is 2. The molecule has 9 heteroatoms. The summed E-state index contributed by atoms with van der Waals surface area (Å²) in [4.78, 5) is 31.6. The Bertz CT molecular complexity index is 851. The molecule has 0 aliphatic carbocycles. The van der Waals surface area contributed by atoms with Gasteiger partial charge in [-0.1, -0.05) is 6.58 Å². The molecule has 1 N–H and O–H groups in total. The maximum absolute atomic E-state index is 12.3. The molecule has 0 spiro atoms. The van der Waals surface area contributed by atoms with Gasteiger partial charge in [-0.05, 0) is 36.8 Å². The van der Waals surface area contributed by atoms with E-state index in [2.05, 4.69) is 26.6 Å². The Kier molecular flexibility index (Phi) is 6.86. The van der Waals surface area contributed by atoms with Crippen molar-refractivity contribution in [1.82, 2.24) is 15.3 Å². The first-order valence-corrected chi connectivity index (χ1v) is 8.24. The fourth-order valence-electron chi connectivity index (χ4n) is 2.23. The summed E-state index contributed by atoms with van der Waals surface area (Å²) in [7, 11) is 0. The third kappa shape index (κ3) is 6.49. The second kappa shape index (κ2) is 9.12. The monoisotopic (exact) mass is 393 g/mol. The highest BCUT2D eigenvalue weighted by Gasteiger charge is 2.28. The molecule has 0 aromatic carbocycles. The highest BCUT2D eigenvalue weighted by molar-refractivity contribution is 5.94. The first-order valence-electron chi connectivity index (χ1n) is 8.24. The minimum absolute atomic E-state index is 0.112. The molecule has 0 saturated carbocycles. The van der Waals surface area contributed by atoms with Crippen molar-refractivity contribution < 1.29 is 27.5 Å². The van der Waals surface area contributed by atoms with Crippen LogP contribution in [0, 0.1) is 0 Å². The first kappa shape index (κ1) is 21.1. The molecule has 0 fully saturated rings. The Morgan fingerprint density at radius 3 is 2.64 bits per heavy atom. The van der Waals surface area contributed by atoms with Crippen LogP contribution in [0.3, 0.4) is 0 Å². The zero-order chi connectivity index (χ0) is 20.7. The number of hydrogen-bond acceptors (Lipinski definition) is 5. The third-order valence-corrected chi connectivity index (χ3v) is 3.65. The molecule has 28 heavy (non-hydrogen) atoms. The number of halogens is 3. The average Bonchev–Trinajstić information content (AvgIpc) is 2.66. The molecule has 6 nitrogen and oxygen atoms in total. The van der Waals surface area contributed by atoms with Crippen LogP contribution in [0.5, 0.6) is 5.88 Å². The smallest absolute Gasteiger partial charge is 0.422 e. The van der Waals surface area contributed by atoms with Gasteiger partial charge in [0.25, 0.3) is 5.91 Å². The van der Waals surface area contributed by atoms with Crippen LogP contribution >= 0.6 is 0 Å². The summed E-state index contributed by atoms with van der Waals surface area (Å²) in [6, 6.07) is 5.53. The topological polar surface area (TPSA) is 81.2 Å². The SMILES string of the molecule is C=CC(=O)Cc1cc(C(C)NC(=O)c2ccc(OCC(F)(F)F)nc2)ccn1. The van der Waals surface area contributed by atoms with Crippen molar-refractivity contribution in [2.45, 2.75) is 25.6 Å². The van der Waals surface area contributed by atoms with Crippen molar-refractivity contribution in [3.8, 4) is 5.88 Å². The van der Waals surface area contributed by atoms with Gasteiger partial charge >= 0.3 is 6.18 Å². The number of ketones is 1. The van der Waals surface area contributed by atoms with Crippen LogP contribution in [-0.4, -0.2) is 34.4 Å². The van der Waals surface area contributed by atoms with E-state index in [1.165, 1.54) is 24.4 Å². The summed E-state index contributed by atoms with van der Waals surface area (Å²) in [5.74, 6) is -0.851. The summed E-state index contributed by atoms with van der Waals surface area (Å²) < 4.78 is 40.9. The predicted molar refractivity (Wildman–Crippen MR) is 94.8 cm³/mol. The van der Waals surface area contributed by atoms with E-state index in [0.29, 0.717) is 5.69 Å². The maximum atomic E-state index is 12.3. The molecule has 2 rings (SSSR count). The van der Waals surface area contributed by atoms with Crippen molar-refractivity contribution in [3.63, 3.8) is 0 Å². The van der Waals surface area contributed by atoms with Gasteiger partial charge < -0.3 is 10.1 Å². The second-order valence-electron chi connectivity index (χ2n) is 5.91. The maximum Gasteiger partial charge on any atom is 0.422 e. The molecule has 1 unspecified atom stereocenters. The zero-order valence-corrected chi connectivity index (χ0v) is 15.0. The third-order valence-electron chi connectivity index (χ3n) is 3.65. The van der Waals surface area contributed by atoms with Crippen LogP contribution < -0.4 is 10.1 Å². The molecule has 2 aromatic rings. The van der Waals surface area contributed by atoms with Crippen molar-refractivity contribution in [3.05, 3.63) is 66.1 Å². The lowest BCUT2D eigenvalue weighted by molar-refractivity contribution is -0.154. The van der Waals surface area contributed by atoms with Gasteiger partial charge in [0, 0.05) is 24.2 Å². The van der Waals surface area contributed by atoms with Crippen LogP contribution in [0.2, 0.25) is 0 Å². The number of carbonyl (C=O) groups is 2. The Morgan fingerprint density at radius 1 is 1.29 bits per heavy atom. The van der Waals surface area contributed by atoms with Gasteiger partial charge in [0.2, 0.25) is 5.88 Å². The number of rotatable bonds is 8. The molecule has 2 aromatic heterocycles. The Hall–Kier alpha value is -3.23. The van der Waals surface area contributed by atoms with Crippen molar-refractivity contribution in [2.75, 3.05) is 6.61 Å². The fourth-order valence-corrected chi connectivity index (χ4v) is 2.23. The van der Waals surface area contributed by atoms with Crippen molar-refractivity contribution in [1.29, 1.82) is 0 Å². The average molecular weight is 393 g/mol. The van der Waals surface area contributed by atoms with Crippen molar-refractivity contribution in [2.24, 2.45) is 0 Å². The number of alkyl halides is 3.